The molecule has 1 aliphatic carbocycles. The van der Waals surface area contributed by atoms with E-state index in [0.29, 0.717) is 6.04 Å². The second-order valence-electron chi connectivity index (χ2n) is 6.46. The van der Waals surface area contributed by atoms with Crippen LogP contribution in [0.3, 0.4) is 0 Å². The lowest BCUT2D eigenvalue weighted by molar-refractivity contribution is 0.337. The Balaban J connectivity index is 1.94. The first kappa shape index (κ1) is 14.6. The summed E-state index contributed by atoms with van der Waals surface area (Å²) in [6.07, 6.45) is 8.97. The van der Waals surface area contributed by atoms with Gasteiger partial charge in [0.1, 0.15) is 0 Å². The molecule has 2 rings (SSSR count). The molecule has 2 aliphatic rings. The molecule has 1 heterocycles. The summed E-state index contributed by atoms with van der Waals surface area (Å²) in [5.41, 5.74) is 2.85. The normalized spacial score (nSPS) is 26.8. The van der Waals surface area contributed by atoms with Crippen LogP contribution in [-0.4, -0.2) is 30.0 Å². The fourth-order valence-corrected chi connectivity index (χ4v) is 3.42. The topological polar surface area (TPSA) is 53.6 Å². The Kier molecular flexibility index (Phi) is 5.49. The maximum absolute atomic E-state index is 5.70. The number of guanidine groups is 1. The average Bonchev–Trinajstić information content (AvgIpc) is 2.78. The highest BCUT2D eigenvalue weighted by atomic mass is 15.4. The molecule has 110 valence electrons. The summed E-state index contributed by atoms with van der Waals surface area (Å²) in [6.45, 7) is 6.88. The summed E-state index contributed by atoms with van der Waals surface area (Å²) in [4.78, 5) is 7.20. The molecule has 0 spiro atoms. The number of hydrogen-bond donors (Lipinski definition) is 2. The molecule has 1 atom stereocenters. The third-order valence-electron chi connectivity index (χ3n) is 4.77. The molecule has 2 fully saturated rings. The Morgan fingerprint density at radius 2 is 1.84 bits per heavy atom. The molecule has 0 aromatic carbocycles. The largest absolute Gasteiger partial charge is 0.342 e. The maximum atomic E-state index is 5.70. The molecular weight excluding hydrogens is 236 g/mol. The average molecular weight is 266 g/mol. The number of nitrogens with one attached hydrogen (secondary N) is 1. The molecule has 3 N–H and O–H groups in total. The monoisotopic (exact) mass is 266 g/mol. The van der Waals surface area contributed by atoms with Crippen LogP contribution in [0.5, 0.6) is 0 Å². The summed E-state index contributed by atoms with van der Waals surface area (Å²) in [7, 11) is 0. The molecule has 1 saturated carbocycles. The molecule has 0 radical (unpaired) electrons. The highest BCUT2D eigenvalue weighted by molar-refractivity contribution is 5.79. The molecule has 1 aliphatic heterocycles. The Morgan fingerprint density at radius 1 is 1.11 bits per heavy atom. The van der Waals surface area contributed by atoms with Crippen molar-refractivity contribution in [2.75, 3.05) is 13.1 Å². The maximum Gasteiger partial charge on any atom is 0.208 e. The van der Waals surface area contributed by atoms with Gasteiger partial charge in [-0.05, 0) is 43.9 Å². The Bertz CT molecular complexity index is 295. The summed E-state index contributed by atoms with van der Waals surface area (Å²) >= 11 is 0. The van der Waals surface area contributed by atoms with Crippen LogP contribution in [-0.2, 0) is 0 Å². The second kappa shape index (κ2) is 7.13. The van der Waals surface area contributed by atoms with Crippen LogP contribution in [0.4, 0.5) is 0 Å². The molecule has 1 saturated heterocycles. The van der Waals surface area contributed by atoms with Gasteiger partial charge < -0.3 is 4.90 Å². The van der Waals surface area contributed by atoms with Crippen LogP contribution in [0, 0.1) is 11.8 Å². The minimum absolute atomic E-state index is 0.496. The van der Waals surface area contributed by atoms with Crippen LogP contribution < -0.4 is 11.3 Å². The van der Waals surface area contributed by atoms with Gasteiger partial charge >= 0.3 is 0 Å². The zero-order valence-corrected chi connectivity index (χ0v) is 12.6. The first-order valence-electron chi connectivity index (χ1n) is 8.00. The van der Waals surface area contributed by atoms with Crippen molar-refractivity contribution in [2.45, 2.75) is 64.8 Å². The summed E-state index contributed by atoms with van der Waals surface area (Å²) < 4.78 is 0. The first-order valence-corrected chi connectivity index (χ1v) is 8.00. The number of hydrogen-bond acceptors (Lipinski definition) is 2. The lowest BCUT2D eigenvalue weighted by Gasteiger charge is -2.25. The molecule has 1 unspecified atom stereocenters. The van der Waals surface area contributed by atoms with Crippen molar-refractivity contribution in [3.05, 3.63) is 0 Å². The zero-order chi connectivity index (χ0) is 13.7. The molecule has 0 amide bonds. The van der Waals surface area contributed by atoms with E-state index < -0.39 is 0 Å². The molecule has 19 heavy (non-hydrogen) atoms. The minimum Gasteiger partial charge on any atom is -0.342 e. The van der Waals surface area contributed by atoms with E-state index in [1.54, 1.807) is 0 Å². The van der Waals surface area contributed by atoms with E-state index in [-0.39, 0.29) is 0 Å². The zero-order valence-electron chi connectivity index (χ0n) is 12.6. The van der Waals surface area contributed by atoms with E-state index in [0.717, 1.165) is 30.9 Å². The molecule has 4 heteroatoms. The van der Waals surface area contributed by atoms with Gasteiger partial charge in [0.05, 0.1) is 6.04 Å². The quantitative estimate of drug-likeness (QED) is 0.349. The van der Waals surface area contributed by atoms with Crippen LogP contribution in [0.1, 0.15) is 58.8 Å². The number of nitrogens with zero attached hydrogens (tertiary/aromatic N) is 2. The van der Waals surface area contributed by atoms with E-state index in [1.165, 1.54) is 44.9 Å². The lowest BCUT2D eigenvalue weighted by Crippen LogP contribution is -2.46. The van der Waals surface area contributed by atoms with E-state index >= 15 is 0 Å². The van der Waals surface area contributed by atoms with Crippen molar-refractivity contribution in [2.24, 2.45) is 22.7 Å². The molecular formula is C15H30N4. The summed E-state index contributed by atoms with van der Waals surface area (Å²) in [5.74, 6) is 8.28. The van der Waals surface area contributed by atoms with Gasteiger partial charge in [-0.15, -0.1) is 0 Å². The number of aliphatic imine (C=N–C) groups is 1. The summed E-state index contributed by atoms with van der Waals surface area (Å²) in [6, 6.07) is 0.496. The van der Waals surface area contributed by atoms with E-state index in [2.05, 4.69) is 24.2 Å². The van der Waals surface area contributed by atoms with E-state index in [9.17, 15) is 0 Å². The van der Waals surface area contributed by atoms with Gasteiger partial charge in [-0.25, -0.2) is 10.8 Å². The van der Waals surface area contributed by atoms with Crippen LogP contribution in [0.15, 0.2) is 4.99 Å². The number of rotatable bonds is 2. The second-order valence-corrected chi connectivity index (χ2v) is 6.46. The number of hydrazine groups is 1. The van der Waals surface area contributed by atoms with Gasteiger partial charge in [0.15, 0.2) is 0 Å². The third-order valence-corrected chi connectivity index (χ3v) is 4.77. The Morgan fingerprint density at radius 3 is 2.47 bits per heavy atom. The molecule has 0 aromatic rings. The van der Waals surface area contributed by atoms with Gasteiger partial charge in [0, 0.05) is 13.1 Å². The van der Waals surface area contributed by atoms with E-state index in [4.69, 9.17) is 10.8 Å². The van der Waals surface area contributed by atoms with Crippen molar-refractivity contribution >= 4 is 5.96 Å². The van der Waals surface area contributed by atoms with Crippen LogP contribution in [0.2, 0.25) is 0 Å². The first-order chi connectivity index (χ1) is 9.20. The number of nitrogens with two attached hydrogens (primary N) is 1. The highest BCUT2D eigenvalue weighted by Gasteiger charge is 2.22. The standard InChI is InChI=1S/C15H30N4/c1-12(2)13-6-5-10-19(11-9-13)15(18-16)17-14-7-3-4-8-14/h12-14H,3-11,16H2,1-2H3,(H,17,18). The SMILES string of the molecule is CC(C)C1CCCN(C(=NC2CCCC2)NN)CC1. The minimum atomic E-state index is 0.496. The summed E-state index contributed by atoms with van der Waals surface area (Å²) in [5, 5.41) is 0. The van der Waals surface area contributed by atoms with Crippen molar-refractivity contribution in [3.8, 4) is 0 Å². The third kappa shape index (κ3) is 4.10. The predicted molar refractivity (Wildman–Crippen MR) is 80.8 cm³/mol. The van der Waals surface area contributed by atoms with Gasteiger partial charge in [0.25, 0.3) is 0 Å². The van der Waals surface area contributed by atoms with Crippen molar-refractivity contribution in [1.29, 1.82) is 0 Å². The van der Waals surface area contributed by atoms with Crippen molar-refractivity contribution in [3.63, 3.8) is 0 Å². The fraction of sp³-hybridized carbons (Fsp3) is 0.933. The van der Waals surface area contributed by atoms with Gasteiger partial charge in [-0.2, -0.15) is 0 Å². The van der Waals surface area contributed by atoms with Gasteiger partial charge in [0.2, 0.25) is 5.96 Å². The Labute approximate surface area is 117 Å². The van der Waals surface area contributed by atoms with Gasteiger partial charge in [-0.3, -0.25) is 5.43 Å². The van der Waals surface area contributed by atoms with Crippen molar-refractivity contribution < 1.29 is 0 Å². The number of likely N-dealkylation sites (tertiary alicyclic amines) is 1. The van der Waals surface area contributed by atoms with Crippen molar-refractivity contribution in [1.82, 2.24) is 10.3 Å². The van der Waals surface area contributed by atoms with E-state index in [1.807, 2.05) is 0 Å². The fourth-order valence-electron chi connectivity index (χ4n) is 3.42. The molecule has 4 nitrogen and oxygen atoms in total. The molecule has 0 aromatic heterocycles. The van der Waals surface area contributed by atoms with Gasteiger partial charge in [-0.1, -0.05) is 26.7 Å². The van der Waals surface area contributed by atoms with Crippen LogP contribution >= 0.6 is 0 Å². The smallest absolute Gasteiger partial charge is 0.208 e. The lowest BCUT2D eigenvalue weighted by atomic mass is 9.89. The van der Waals surface area contributed by atoms with Crippen LogP contribution in [0.25, 0.3) is 0 Å². The Hall–Kier alpha value is -0.770. The molecule has 0 bridgehead atoms. The predicted octanol–water partition coefficient (Wildman–Crippen LogP) is 2.51. The highest BCUT2D eigenvalue weighted by Crippen LogP contribution is 2.25.